The third kappa shape index (κ3) is 6.61. The van der Waals surface area contributed by atoms with Gasteiger partial charge in [0, 0.05) is 38.7 Å². The number of hydrogen-bond acceptors (Lipinski definition) is 1. The van der Waals surface area contributed by atoms with E-state index >= 15 is 0 Å². The minimum Gasteiger partial charge on any atom is -0.455 e. The number of imidazole rings is 1. The van der Waals surface area contributed by atoms with E-state index in [1.807, 2.05) is 0 Å². The molecule has 12 rings (SSSR count). The fraction of sp³-hybridized carbons (Fsp3) is 0.206. The smallest absolute Gasteiger partial charge is 0.304 e. The van der Waals surface area contributed by atoms with Crippen molar-refractivity contribution in [3.63, 3.8) is 0 Å². The van der Waals surface area contributed by atoms with Crippen molar-refractivity contribution in [2.75, 3.05) is 0 Å². The summed E-state index contributed by atoms with van der Waals surface area (Å²) < 4.78 is 15.2. The van der Waals surface area contributed by atoms with E-state index in [-0.39, 0.29) is 23.8 Å². The molecule has 3 aromatic heterocycles. The van der Waals surface area contributed by atoms with Gasteiger partial charge in [-0.15, -0.1) is 0 Å². The summed E-state index contributed by atoms with van der Waals surface area (Å²) in [6.45, 7) is 22.1. The molecule has 2 atom stereocenters. The first-order valence-corrected chi connectivity index (χ1v) is 28.1. The zero-order chi connectivity index (χ0) is 46.6. The summed E-state index contributed by atoms with van der Waals surface area (Å²) in [6, 6.07) is 60.9. The predicted molar refractivity (Wildman–Crippen MR) is 286 cm³/mol. The molecule has 5 heteroatoms. The number of para-hydroxylation sites is 2. The molecule has 0 radical (unpaired) electrons. The lowest BCUT2D eigenvalue weighted by Crippen LogP contribution is -2.56. The van der Waals surface area contributed by atoms with Crippen LogP contribution in [-0.2, 0) is 6.42 Å². The molecule has 0 saturated carbocycles. The molecule has 2 aliphatic heterocycles. The number of aromatic nitrogens is 3. The third-order valence-corrected chi connectivity index (χ3v) is 17.1. The lowest BCUT2D eigenvalue weighted by molar-refractivity contribution is -0.723. The van der Waals surface area contributed by atoms with Crippen molar-refractivity contribution < 1.29 is 13.6 Å². The van der Waals surface area contributed by atoms with Crippen LogP contribution in [0.25, 0.3) is 89.3 Å². The molecule has 2 unspecified atom stereocenters. The Kier molecular flexibility index (Phi) is 9.97. The molecule has 0 amide bonds. The molecule has 0 bridgehead atoms. The van der Waals surface area contributed by atoms with Gasteiger partial charge in [-0.25, -0.2) is 0 Å². The van der Waals surface area contributed by atoms with Crippen molar-refractivity contribution in [3.8, 4) is 50.6 Å². The second-order valence-corrected chi connectivity index (χ2v) is 26.0. The normalized spacial score (nSPS) is 15.8. The number of pyridine rings is 1. The second kappa shape index (κ2) is 16.0. The van der Waals surface area contributed by atoms with Crippen molar-refractivity contribution in [3.05, 3.63) is 199 Å². The molecule has 0 aliphatic carbocycles. The maximum Gasteiger partial charge on any atom is 0.304 e. The van der Waals surface area contributed by atoms with Crippen LogP contribution >= 0.6 is 0 Å². The molecule has 334 valence electrons. The van der Waals surface area contributed by atoms with Gasteiger partial charge in [0.25, 0.3) is 0 Å². The fourth-order valence-electron chi connectivity index (χ4n) is 11.7. The molecule has 5 heterocycles. The van der Waals surface area contributed by atoms with E-state index in [9.17, 15) is 0 Å². The highest BCUT2D eigenvalue weighted by atomic mass is 28.3. The molecule has 0 N–H and O–H groups in total. The van der Waals surface area contributed by atoms with Gasteiger partial charge in [-0.05, 0) is 107 Å². The minimum atomic E-state index is -1.71. The van der Waals surface area contributed by atoms with E-state index in [0.29, 0.717) is 0 Å². The Morgan fingerprint density at radius 2 is 1.29 bits per heavy atom. The quantitative estimate of drug-likeness (QED) is 0.121. The number of furan rings is 1. The van der Waals surface area contributed by atoms with Gasteiger partial charge in [0.1, 0.15) is 16.8 Å². The number of rotatable bonds is 6. The molecule has 0 fully saturated rings. The van der Waals surface area contributed by atoms with Crippen LogP contribution in [0.3, 0.4) is 0 Å². The van der Waals surface area contributed by atoms with Gasteiger partial charge in [0.05, 0.1) is 14.0 Å². The Labute approximate surface area is 401 Å². The van der Waals surface area contributed by atoms with Gasteiger partial charge >= 0.3 is 5.82 Å². The molecule has 2 aliphatic rings. The Balaban J connectivity index is 1.24. The standard InChI is InChI=1S/C63H59N3OSi/c1-39(2)53-35-46(43-21-13-10-14-22-43)36-54(40(3)4)61(53)66-57-26-18-17-25-56(57)65-41(5)60-51(48-23-15-16-24-49(48)55-34-30-47(38-64(55)60)68(6,7)8)32-27-44-28-33-52-50-31-29-45(42-19-11-9-12-20-42)37-58(50)67-62(52)59(44)63(65)66/h9-26,28-31,33-40,51,60H,5,27,32H2,1-4,6-8H3/q+2. The van der Waals surface area contributed by atoms with Gasteiger partial charge < -0.3 is 4.42 Å². The second-order valence-electron chi connectivity index (χ2n) is 20.9. The van der Waals surface area contributed by atoms with Crippen LogP contribution in [0.2, 0.25) is 19.6 Å². The number of fused-ring (bicyclic) bond motifs is 15. The molecular formula is C63H59N3OSi+2. The molecule has 4 nitrogen and oxygen atoms in total. The maximum absolute atomic E-state index is 7.39. The minimum absolute atomic E-state index is 0.0530. The van der Waals surface area contributed by atoms with Gasteiger partial charge in [-0.1, -0.05) is 163 Å². The molecule has 10 aromatic rings. The van der Waals surface area contributed by atoms with Crippen molar-refractivity contribution in [2.45, 2.75) is 84.0 Å². The van der Waals surface area contributed by atoms with Crippen LogP contribution < -0.4 is 14.3 Å². The highest BCUT2D eigenvalue weighted by molar-refractivity contribution is 6.88. The zero-order valence-corrected chi connectivity index (χ0v) is 41.3. The Bertz CT molecular complexity index is 3610. The number of benzene rings is 7. The summed E-state index contributed by atoms with van der Waals surface area (Å²) in [4.78, 5) is 0. The summed E-state index contributed by atoms with van der Waals surface area (Å²) in [5, 5.41) is 3.70. The summed E-state index contributed by atoms with van der Waals surface area (Å²) in [6.07, 6.45) is 4.32. The van der Waals surface area contributed by atoms with E-state index in [1.54, 1.807) is 0 Å². The van der Waals surface area contributed by atoms with Crippen LogP contribution in [0.1, 0.15) is 80.2 Å². The first-order valence-electron chi connectivity index (χ1n) is 24.6. The Hall–Kier alpha value is -7.08. The van der Waals surface area contributed by atoms with Crippen LogP contribution in [0.5, 0.6) is 0 Å². The Morgan fingerprint density at radius 3 is 2.00 bits per heavy atom. The van der Waals surface area contributed by atoms with Crippen molar-refractivity contribution in [1.29, 1.82) is 0 Å². The number of nitrogens with zero attached hydrogens (tertiary/aromatic N) is 3. The Morgan fingerprint density at radius 1 is 0.647 bits per heavy atom. The van der Waals surface area contributed by atoms with Gasteiger partial charge in [-0.2, -0.15) is 13.7 Å². The average Bonchev–Trinajstić information content (AvgIpc) is 3.91. The van der Waals surface area contributed by atoms with Crippen LogP contribution in [0.15, 0.2) is 181 Å². The lowest BCUT2D eigenvalue weighted by atomic mass is 9.78. The average molecular weight is 902 g/mol. The van der Waals surface area contributed by atoms with Crippen LogP contribution in [-0.4, -0.2) is 12.6 Å². The molecule has 0 saturated heterocycles. The van der Waals surface area contributed by atoms with Crippen molar-refractivity contribution in [2.24, 2.45) is 0 Å². The largest absolute Gasteiger partial charge is 0.455 e. The monoisotopic (exact) mass is 901 g/mol. The highest BCUT2D eigenvalue weighted by Gasteiger charge is 2.48. The number of allylic oxidation sites excluding steroid dienone is 1. The fourth-order valence-corrected chi connectivity index (χ4v) is 12.8. The topological polar surface area (TPSA) is 25.8 Å². The van der Waals surface area contributed by atoms with E-state index in [2.05, 4.69) is 231 Å². The summed E-state index contributed by atoms with van der Waals surface area (Å²) in [7, 11) is -1.71. The third-order valence-electron chi connectivity index (χ3n) is 15.1. The van der Waals surface area contributed by atoms with Crippen molar-refractivity contribution in [1.82, 2.24) is 4.57 Å². The SMILES string of the molecule is C=C1C2C(CCc3ccc4c(oc5cc(-c6ccccc6)ccc54)c3-c3n(-c4c(C(C)C)cc(-c5ccccc5)cc4C(C)C)c4ccccc4[n+]31)c1ccccc1-c1ccc([Si](C)(C)C)c[n+]12. The maximum atomic E-state index is 7.39. The van der Waals surface area contributed by atoms with E-state index in [0.717, 1.165) is 68.5 Å². The molecular weight excluding hydrogens is 843 g/mol. The van der Waals surface area contributed by atoms with Gasteiger partial charge in [0.2, 0.25) is 11.7 Å². The lowest BCUT2D eigenvalue weighted by Gasteiger charge is -2.31. The first kappa shape index (κ1) is 42.3. The highest BCUT2D eigenvalue weighted by Crippen LogP contribution is 2.49. The molecule has 7 aromatic carbocycles. The molecule has 0 spiro atoms. The predicted octanol–water partition coefficient (Wildman–Crippen LogP) is 15.3. The van der Waals surface area contributed by atoms with Crippen LogP contribution in [0, 0.1) is 0 Å². The van der Waals surface area contributed by atoms with E-state index < -0.39 is 8.07 Å². The van der Waals surface area contributed by atoms with E-state index in [4.69, 9.17) is 11.0 Å². The summed E-state index contributed by atoms with van der Waals surface area (Å²) >= 11 is 0. The van der Waals surface area contributed by atoms with Gasteiger partial charge in [0.15, 0.2) is 28.5 Å². The van der Waals surface area contributed by atoms with Crippen molar-refractivity contribution >= 4 is 51.9 Å². The summed E-state index contributed by atoms with van der Waals surface area (Å²) in [5.74, 6) is 1.72. The van der Waals surface area contributed by atoms with E-state index in [1.165, 1.54) is 61.1 Å². The molecule has 68 heavy (non-hydrogen) atoms. The first-order chi connectivity index (χ1) is 33.0. The zero-order valence-electron chi connectivity index (χ0n) is 40.3. The number of aryl methyl sites for hydroxylation is 1. The number of hydrogen-bond donors (Lipinski definition) is 0. The van der Waals surface area contributed by atoms with Gasteiger partial charge in [-0.3, -0.25) is 0 Å². The summed E-state index contributed by atoms with van der Waals surface area (Å²) in [5.41, 5.74) is 20.3. The van der Waals surface area contributed by atoms with Crippen LogP contribution in [0.4, 0.5) is 0 Å².